The van der Waals surface area contributed by atoms with Crippen molar-refractivity contribution >= 4 is 23.2 Å². The monoisotopic (exact) mass is 423 g/mol. The fraction of sp³-hybridized carbons (Fsp3) is 0.440. The van der Waals surface area contributed by atoms with Crippen molar-refractivity contribution in [2.45, 2.75) is 34.1 Å². The zero-order chi connectivity index (χ0) is 22.4. The molecule has 0 aliphatic carbocycles. The molecule has 1 fully saturated rings. The lowest BCUT2D eigenvalue weighted by atomic mass is 9.94. The van der Waals surface area contributed by atoms with Crippen LogP contribution in [0.1, 0.15) is 44.5 Å². The molecule has 1 N–H and O–H groups in total. The second-order valence-electron chi connectivity index (χ2n) is 8.90. The van der Waals surface area contributed by atoms with Crippen LogP contribution in [0.4, 0.5) is 11.4 Å². The summed E-state index contributed by atoms with van der Waals surface area (Å²) >= 11 is 0. The average Bonchev–Trinajstić information content (AvgIpc) is 2.77. The molecule has 0 spiro atoms. The molecule has 1 aliphatic heterocycles. The Morgan fingerprint density at radius 2 is 1.55 bits per heavy atom. The normalized spacial score (nSPS) is 14.3. The molecule has 0 aromatic heterocycles. The third-order valence-corrected chi connectivity index (χ3v) is 5.29. The second kappa shape index (κ2) is 9.86. The minimum absolute atomic E-state index is 0.149. The summed E-state index contributed by atoms with van der Waals surface area (Å²) in [5, 5.41) is 2.94. The number of rotatable bonds is 6. The number of anilines is 2. The first-order valence-corrected chi connectivity index (χ1v) is 11.0. The number of hydrogen-bond donors (Lipinski definition) is 1. The highest BCUT2D eigenvalue weighted by molar-refractivity contribution is 6.04. The number of nitrogens with one attached hydrogen (secondary N) is 1. The Morgan fingerprint density at radius 1 is 0.935 bits per heavy atom. The highest BCUT2D eigenvalue weighted by Gasteiger charge is 2.29. The Labute approximate surface area is 185 Å². The second-order valence-corrected chi connectivity index (χ2v) is 8.90. The molecule has 0 bridgehead atoms. The molecular weight excluding hydrogens is 390 g/mol. The van der Waals surface area contributed by atoms with Crippen LogP contribution < -0.4 is 15.0 Å². The van der Waals surface area contributed by atoms with E-state index in [1.807, 2.05) is 62.1 Å². The lowest BCUT2D eigenvalue weighted by Crippen LogP contribution is -2.51. The molecule has 1 heterocycles. The quantitative estimate of drug-likeness (QED) is 0.747. The zero-order valence-corrected chi connectivity index (χ0v) is 19.0. The Kier molecular flexibility index (Phi) is 7.21. The van der Waals surface area contributed by atoms with E-state index in [4.69, 9.17) is 4.74 Å². The van der Waals surface area contributed by atoms with Crippen LogP contribution in [-0.4, -0.2) is 49.5 Å². The Balaban J connectivity index is 1.53. The topological polar surface area (TPSA) is 61.9 Å². The van der Waals surface area contributed by atoms with Crippen molar-refractivity contribution in [3.63, 3.8) is 0 Å². The lowest BCUT2D eigenvalue weighted by Gasteiger charge is -2.38. The van der Waals surface area contributed by atoms with Gasteiger partial charge in [-0.1, -0.05) is 27.7 Å². The lowest BCUT2D eigenvalue weighted by molar-refractivity contribution is -0.139. The smallest absolute Gasteiger partial charge is 0.255 e. The third kappa shape index (κ3) is 6.00. The van der Waals surface area contributed by atoms with Crippen molar-refractivity contribution in [1.82, 2.24) is 4.90 Å². The molecule has 0 atom stereocenters. The predicted octanol–water partition coefficient (Wildman–Crippen LogP) is 4.42. The van der Waals surface area contributed by atoms with Gasteiger partial charge in [-0.3, -0.25) is 9.59 Å². The summed E-state index contributed by atoms with van der Waals surface area (Å²) in [4.78, 5) is 29.2. The number of benzene rings is 2. The molecule has 2 aromatic carbocycles. The summed E-state index contributed by atoms with van der Waals surface area (Å²) in [6.07, 6.45) is 0.947. The molecule has 0 saturated carbocycles. The van der Waals surface area contributed by atoms with E-state index in [0.29, 0.717) is 12.2 Å². The Bertz CT molecular complexity index is 878. The Hall–Kier alpha value is -3.02. The van der Waals surface area contributed by atoms with Crippen LogP contribution in [0.3, 0.4) is 0 Å². The standard InChI is InChI=1S/C25H33N3O3/c1-5-18-31-22-12-6-19(7-13-22)23(29)26-20-8-10-21(11-9-20)27-14-16-28(17-15-27)24(30)25(2,3)4/h6-13H,5,14-18H2,1-4H3,(H,26,29). The molecule has 6 heteroatoms. The SMILES string of the molecule is CCCOc1ccc(C(=O)Nc2ccc(N3CCN(C(=O)C(C)(C)C)CC3)cc2)cc1. The number of piperazine rings is 1. The molecule has 3 rings (SSSR count). The van der Waals surface area contributed by atoms with Gasteiger partial charge in [-0.25, -0.2) is 0 Å². The van der Waals surface area contributed by atoms with E-state index in [2.05, 4.69) is 17.1 Å². The van der Waals surface area contributed by atoms with Crippen LogP contribution in [-0.2, 0) is 4.79 Å². The van der Waals surface area contributed by atoms with Crippen molar-refractivity contribution < 1.29 is 14.3 Å². The van der Waals surface area contributed by atoms with Gasteiger partial charge in [0.1, 0.15) is 5.75 Å². The van der Waals surface area contributed by atoms with Crippen LogP contribution in [0.2, 0.25) is 0 Å². The number of nitrogens with zero attached hydrogens (tertiary/aromatic N) is 2. The van der Waals surface area contributed by atoms with Gasteiger partial charge >= 0.3 is 0 Å². The third-order valence-electron chi connectivity index (χ3n) is 5.29. The molecule has 2 aromatic rings. The molecule has 1 aliphatic rings. The molecule has 31 heavy (non-hydrogen) atoms. The van der Waals surface area contributed by atoms with E-state index < -0.39 is 0 Å². The fourth-order valence-electron chi connectivity index (χ4n) is 3.52. The van der Waals surface area contributed by atoms with Gasteiger partial charge in [-0.15, -0.1) is 0 Å². The van der Waals surface area contributed by atoms with Crippen LogP contribution in [0.5, 0.6) is 5.75 Å². The van der Waals surface area contributed by atoms with E-state index in [1.165, 1.54) is 0 Å². The fourth-order valence-corrected chi connectivity index (χ4v) is 3.52. The van der Waals surface area contributed by atoms with Crippen LogP contribution in [0.15, 0.2) is 48.5 Å². The molecule has 2 amide bonds. The zero-order valence-electron chi connectivity index (χ0n) is 19.0. The summed E-state index contributed by atoms with van der Waals surface area (Å²) in [6, 6.07) is 15.0. The van der Waals surface area contributed by atoms with Gasteiger partial charge < -0.3 is 19.9 Å². The van der Waals surface area contributed by atoms with Gasteiger partial charge in [0, 0.05) is 48.5 Å². The van der Waals surface area contributed by atoms with Gasteiger partial charge in [0.05, 0.1) is 6.61 Å². The summed E-state index contributed by atoms with van der Waals surface area (Å²) in [5.74, 6) is 0.825. The highest BCUT2D eigenvalue weighted by Crippen LogP contribution is 2.23. The predicted molar refractivity (Wildman–Crippen MR) is 125 cm³/mol. The average molecular weight is 424 g/mol. The van der Waals surface area contributed by atoms with Crippen molar-refractivity contribution in [2.24, 2.45) is 5.41 Å². The van der Waals surface area contributed by atoms with E-state index in [0.717, 1.165) is 49.7 Å². The van der Waals surface area contributed by atoms with Gasteiger partial charge in [0.25, 0.3) is 5.91 Å². The molecular formula is C25H33N3O3. The summed E-state index contributed by atoms with van der Waals surface area (Å²) in [7, 11) is 0. The Morgan fingerprint density at radius 3 is 2.10 bits per heavy atom. The van der Waals surface area contributed by atoms with Gasteiger partial charge in [0.15, 0.2) is 0 Å². The van der Waals surface area contributed by atoms with Crippen molar-refractivity contribution in [3.8, 4) is 5.75 Å². The number of ether oxygens (including phenoxy) is 1. The van der Waals surface area contributed by atoms with Crippen molar-refractivity contribution in [1.29, 1.82) is 0 Å². The van der Waals surface area contributed by atoms with Crippen LogP contribution in [0, 0.1) is 5.41 Å². The van der Waals surface area contributed by atoms with Crippen molar-refractivity contribution in [3.05, 3.63) is 54.1 Å². The molecule has 0 radical (unpaired) electrons. The van der Waals surface area contributed by atoms with E-state index in [1.54, 1.807) is 12.1 Å². The van der Waals surface area contributed by atoms with Crippen molar-refractivity contribution in [2.75, 3.05) is 43.0 Å². The minimum Gasteiger partial charge on any atom is -0.494 e. The first-order chi connectivity index (χ1) is 14.8. The molecule has 6 nitrogen and oxygen atoms in total. The van der Waals surface area contributed by atoms with Gasteiger partial charge in [0.2, 0.25) is 5.91 Å². The van der Waals surface area contributed by atoms with E-state index in [9.17, 15) is 9.59 Å². The van der Waals surface area contributed by atoms with Crippen LogP contribution in [0.25, 0.3) is 0 Å². The van der Waals surface area contributed by atoms with Crippen LogP contribution >= 0.6 is 0 Å². The number of amides is 2. The first kappa shape index (κ1) is 22.7. The number of hydrogen-bond acceptors (Lipinski definition) is 4. The van der Waals surface area contributed by atoms with Gasteiger partial charge in [-0.2, -0.15) is 0 Å². The highest BCUT2D eigenvalue weighted by atomic mass is 16.5. The van der Waals surface area contributed by atoms with E-state index >= 15 is 0 Å². The summed E-state index contributed by atoms with van der Waals surface area (Å²) < 4.78 is 5.56. The largest absolute Gasteiger partial charge is 0.494 e. The maximum atomic E-state index is 12.5. The minimum atomic E-state index is -0.342. The van der Waals surface area contributed by atoms with Gasteiger partial charge in [-0.05, 0) is 55.0 Å². The summed E-state index contributed by atoms with van der Waals surface area (Å²) in [5.41, 5.74) is 2.10. The molecule has 0 unspecified atom stereocenters. The number of carbonyl (C=O) groups excluding carboxylic acids is 2. The first-order valence-electron chi connectivity index (χ1n) is 11.0. The van der Waals surface area contributed by atoms with E-state index in [-0.39, 0.29) is 17.2 Å². The molecule has 166 valence electrons. The molecule has 1 saturated heterocycles. The number of carbonyl (C=O) groups is 2. The maximum absolute atomic E-state index is 12.5. The maximum Gasteiger partial charge on any atom is 0.255 e. The summed E-state index contributed by atoms with van der Waals surface area (Å²) in [6.45, 7) is 11.7.